The van der Waals surface area contributed by atoms with Gasteiger partial charge in [0.15, 0.2) is 12.5 Å². The molecule has 194 valence electrons. The first-order chi connectivity index (χ1) is 18.6. The van der Waals surface area contributed by atoms with Gasteiger partial charge in [-0.2, -0.15) is 4.73 Å². The van der Waals surface area contributed by atoms with E-state index in [-0.39, 0.29) is 24.7 Å². The molecule has 1 aliphatic heterocycles. The molecule has 1 aliphatic rings. The normalized spacial score (nSPS) is 19.1. The van der Waals surface area contributed by atoms with Crippen LogP contribution in [-0.4, -0.2) is 22.9 Å². The van der Waals surface area contributed by atoms with E-state index in [4.69, 9.17) is 9.47 Å². The molecular formula is C30H28N2O5S. The van der Waals surface area contributed by atoms with Gasteiger partial charge < -0.3 is 25.1 Å². The Morgan fingerprint density at radius 3 is 2.34 bits per heavy atom. The average Bonchev–Trinajstić information content (AvgIpc) is 2.97. The number of amides is 1. The standard InChI is InChI=1S/C30H28N2O5S/c33-19-21-9-11-22(12-10-21)27-18-26(20-38-28-8-4-5-17-32(28)35)36-30(37-27)24-13-15-25(16-14-24)31-29(34)23-6-2-1-3-7-23/h1-17,26-27,30,33H,18-20H2,(H,31,34). The SMILES string of the molecule is O=C(Nc1ccc(C2OC(CSc3cccc[n+]3[O-])CC(c3ccc(CO)cc3)O2)cc1)c1ccccc1. The second kappa shape index (κ2) is 12.2. The molecule has 8 heteroatoms. The lowest BCUT2D eigenvalue weighted by Crippen LogP contribution is -2.32. The second-order valence-corrected chi connectivity index (χ2v) is 10.0. The fourth-order valence-electron chi connectivity index (χ4n) is 4.24. The Kier molecular flexibility index (Phi) is 8.35. The van der Waals surface area contributed by atoms with Gasteiger partial charge in [0.2, 0.25) is 0 Å². The lowest BCUT2D eigenvalue weighted by Gasteiger charge is -2.36. The minimum absolute atomic E-state index is 0.0176. The Morgan fingerprint density at radius 2 is 1.63 bits per heavy atom. The van der Waals surface area contributed by atoms with E-state index in [1.54, 1.807) is 24.3 Å². The molecule has 5 rings (SSSR count). The highest BCUT2D eigenvalue weighted by molar-refractivity contribution is 7.99. The molecule has 0 radical (unpaired) electrons. The van der Waals surface area contributed by atoms with Gasteiger partial charge in [0.1, 0.15) is 0 Å². The maximum atomic E-state index is 12.5. The van der Waals surface area contributed by atoms with Crippen molar-refractivity contribution in [3.63, 3.8) is 0 Å². The number of nitrogens with one attached hydrogen (secondary N) is 1. The second-order valence-electron chi connectivity index (χ2n) is 8.97. The van der Waals surface area contributed by atoms with Gasteiger partial charge >= 0.3 is 0 Å². The lowest BCUT2D eigenvalue weighted by molar-refractivity contribution is -0.645. The highest BCUT2D eigenvalue weighted by atomic mass is 32.2. The topological polar surface area (TPSA) is 94.7 Å². The van der Waals surface area contributed by atoms with Crippen LogP contribution in [-0.2, 0) is 16.1 Å². The third-order valence-electron chi connectivity index (χ3n) is 6.30. The molecule has 7 nitrogen and oxygen atoms in total. The third-order valence-corrected chi connectivity index (χ3v) is 7.45. The summed E-state index contributed by atoms with van der Waals surface area (Å²) >= 11 is 1.45. The molecule has 1 fully saturated rings. The maximum Gasteiger partial charge on any atom is 0.255 e. The van der Waals surface area contributed by atoms with Crippen molar-refractivity contribution in [2.75, 3.05) is 11.1 Å². The average molecular weight is 529 g/mol. The summed E-state index contributed by atoms with van der Waals surface area (Å²) in [5.41, 5.74) is 3.92. The number of ether oxygens (including phenoxy) is 2. The molecule has 2 heterocycles. The molecule has 0 spiro atoms. The van der Waals surface area contributed by atoms with Crippen molar-refractivity contribution in [2.24, 2.45) is 0 Å². The predicted octanol–water partition coefficient (Wildman–Crippen LogP) is 5.40. The number of rotatable bonds is 8. The minimum atomic E-state index is -0.620. The predicted molar refractivity (Wildman–Crippen MR) is 145 cm³/mol. The number of anilines is 1. The van der Waals surface area contributed by atoms with Crippen LogP contribution < -0.4 is 10.0 Å². The van der Waals surface area contributed by atoms with Crippen LogP contribution in [0.25, 0.3) is 0 Å². The molecule has 2 N–H and O–H groups in total. The number of nitrogens with zero attached hydrogens (tertiary/aromatic N) is 1. The van der Waals surface area contributed by atoms with Crippen LogP contribution >= 0.6 is 11.8 Å². The Balaban J connectivity index is 1.32. The van der Waals surface area contributed by atoms with Crippen molar-refractivity contribution in [3.05, 3.63) is 131 Å². The first-order valence-corrected chi connectivity index (χ1v) is 13.4. The number of carbonyl (C=O) groups excluding carboxylic acids is 1. The smallest absolute Gasteiger partial charge is 0.255 e. The third kappa shape index (κ3) is 6.41. The van der Waals surface area contributed by atoms with Gasteiger partial charge in [0.05, 0.1) is 18.8 Å². The van der Waals surface area contributed by atoms with Crippen molar-refractivity contribution in [1.82, 2.24) is 0 Å². The quantitative estimate of drug-likeness (QED) is 0.181. The van der Waals surface area contributed by atoms with Crippen molar-refractivity contribution < 1.29 is 24.1 Å². The summed E-state index contributed by atoms with van der Waals surface area (Å²) in [4.78, 5) is 12.5. The van der Waals surface area contributed by atoms with Crippen molar-refractivity contribution in [1.29, 1.82) is 0 Å². The number of hydrogen-bond donors (Lipinski definition) is 2. The van der Waals surface area contributed by atoms with Crippen LogP contribution in [0.3, 0.4) is 0 Å². The van der Waals surface area contributed by atoms with Gasteiger partial charge in [-0.05, 0) is 41.5 Å². The van der Waals surface area contributed by atoms with Crippen LogP contribution in [0.1, 0.15) is 45.9 Å². The number of thioether (sulfide) groups is 1. The Morgan fingerprint density at radius 1 is 0.921 bits per heavy atom. The van der Waals surface area contributed by atoms with Crippen LogP contribution in [0.5, 0.6) is 0 Å². The molecule has 3 unspecified atom stereocenters. The number of carbonyl (C=O) groups is 1. The summed E-state index contributed by atoms with van der Waals surface area (Å²) in [6.07, 6.45) is 1.10. The number of aliphatic hydroxyl groups excluding tert-OH is 1. The van der Waals surface area contributed by atoms with Crippen LogP contribution in [0.15, 0.2) is 108 Å². The molecule has 4 aromatic rings. The first-order valence-electron chi connectivity index (χ1n) is 12.4. The van der Waals surface area contributed by atoms with Crippen LogP contribution in [0, 0.1) is 5.21 Å². The molecule has 0 saturated carbocycles. The first kappa shape index (κ1) is 25.9. The molecule has 38 heavy (non-hydrogen) atoms. The Labute approximate surface area is 225 Å². The van der Waals surface area contributed by atoms with Crippen LogP contribution in [0.4, 0.5) is 5.69 Å². The van der Waals surface area contributed by atoms with Crippen molar-refractivity contribution in [3.8, 4) is 0 Å². The number of aliphatic hydroxyl groups is 1. The number of aromatic nitrogens is 1. The fraction of sp³-hybridized carbons (Fsp3) is 0.200. The largest absolute Gasteiger partial charge is 0.618 e. The van der Waals surface area contributed by atoms with E-state index in [2.05, 4.69) is 5.32 Å². The maximum absolute atomic E-state index is 12.5. The van der Waals surface area contributed by atoms with Gasteiger partial charge in [-0.25, -0.2) is 0 Å². The van der Waals surface area contributed by atoms with Crippen molar-refractivity contribution in [2.45, 2.75) is 36.6 Å². The van der Waals surface area contributed by atoms with E-state index in [0.29, 0.717) is 28.5 Å². The van der Waals surface area contributed by atoms with E-state index >= 15 is 0 Å². The van der Waals surface area contributed by atoms with E-state index in [1.165, 1.54) is 18.0 Å². The summed E-state index contributed by atoms with van der Waals surface area (Å²) in [5, 5.41) is 25.0. The lowest BCUT2D eigenvalue weighted by atomic mass is 10.0. The zero-order valence-electron chi connectivity index (χ0n) is 20.6. The Hall–Kier alpha value is -3.69. The molecule has 0 aliphatic carbocycles. The fourth-order valence-corrected chi connectivity index (χ4v) is 5.18. The molecule has 1 amide bonds. The number of pyridine rings is 1. The van der Waals surface area contributed by atoms with E-state index in [9.17, 15) is 15.1 Å². The molecule has 3 aromatic carbocycles. The van der Waals surface area contributed by atoms with E-state index < -0.39 is 6.29 Å². The highest BCUT2D eigenvalue weighted by Crippen LogP contribution is 2.39. The Bertz CT molecular complexity index is 1350. The summed E-state index contributed by atoms with van der Waals surface area (Å²) in [6.45, 7) is -0.0176. The molecule has 1 aromatic heterocycles. The minimum Gasteiger partial charge on any atom is -0.618 e. The van der Waals surface area contributed by atoms with Gasteiger partial charge in [-0.15, -0.1) is 0 Å². The monoisotopic (exact) mass is 528 g/mol. The van der Waals surface area contributed by atoms with Gasteiger partial charge in [0, 0.05) is 41.1 Å². The molecular weight excluding hydrogens is 500 g/mol. The summed E-state index contributed by atoms with van der Waals surface area (Å²) < 4.78 is 13.6. The summed E-state index contributed by atoms with van der Waals surface area (Å²) in [6, 6.07) is 29.5. The van der Waals surface area contributed by atoms with Gasteiger partial charge in [0.25, 0.3) is 10.9 Å². The number of benzene rings is 3. The molecule has 0 bridgehead atoms. The van der Waals surface area contributed by atoms with E-state index in [0.717, 1.165) is 21.4 Å². The van der Waals surface area contributed by atoms with Gasteiger partial charge in [-0.3, -0.25) is 4.79 Å². The van der Waals surface area contributed by atoms with Gasteiger partial charge in [-0.1, -0.05) is 66.4 Å². The molecule has 3 atom stereocenters. The van der Waals surface area contributed by atoms with Crippen LogP contribution in [0.2, 0.25) is 0 Å². The zero-order chi connectivity index (χ0) is 26.3. The summed E-state index contributed by atoms with van der Waals surface area (Å²) in [5.74, 6) is 0.409. The van der Waals surface area contributed by atoms with E-state index in [1.807, 2.05) is 72.8 Å². The zero-order valence-corrected chi connectivity index (χ0v) is 21.4. The highest BCUT2D eigenvalue weighted by Gasteiger charge is 2.32. The number of hydrogen-bond acceptors (Lipinski definition) is 6. The summed E-state index contributed by atoms with van der Waals surface area (Å²) in [7, 11) is 0. The molecule has 1 saturated heterocycles. The van der Waals surface area contributed by atoms with Crippen molar-refractivity contribution >= 4 is 23.4 Å².